The van der Waals surface area contributed by atoms with Crippen molar-refractivity contribution >= 4 is 17.9 Å². The normalized spacial score (nSPS) is 24.0. The van der Waals surface area contributed by atoms with E-state index in [1.165, 1.54) is 0 Å². The third-order valence-corrected chi connectivity index (χ3v) is 4.24. The highest BCUT2D eigenvalue weighted by Gasteiger charge is 2.92. The lowest BCUT2D eigenvalue weighted by molar-refractivity contribution is -0.167. The van der Waals surface area contributed by atoms with Gasteiger partial charge in [0.25, 0.3) is 0 Å². The van der Waals surface area contributed by atoms with E-state index >= 15 is 0 Å². The molecule has 0 radical (unpaired) electrons. The SMILES string of the molecule is COC(=O)C1(C(=O)OC)[C@H](c2ccccc2)[C@@]1(C#N)C(=O)OC. The Bertz CT molecular complexity index is 676. The molecule has 2 atom stereocenters. The van der Waals surface area contributed by atoms with Gasteiger partial charge >= 0.3 is 17.9 Å². The average molecular weight is 317 g/mol. The van der Waals surface area contributed by atoms with E-state index in [1.807, 2.05) is 0 Å². The number of hydrogen-bond acceptors (Lipinski definition) is 7. The number of esters is 3. The lowest BCUT2D eigenvalue weighted by Crippen LogP contribution is -2.37. The van der Waals surface area contributed by atoms with E-state index in [0.29, 0.717) is 5.56 Å². The minimum Gasteiger partial charge on any atom is -0.468 e. The molecular formula is C16H15NO6. The van der Waals surface area contributed by atoms with Crippen molar-refractivity contribution in [2.24, 2.45) is 10.8 Å². The Morgan fingerprint density at radius 3 is 1.83 bits per heavy atom. The van der Waals surface area contributed by atoms with Crippen LogP contribution in [0.25, 0.3) is 0 Å². The van der Waals surface area contributed by atoms with Crippen LogP contribution in [-0.2, 0) is 28.6 Å². The quantitative estimate of drug-likeness (QED) is 0.459. The van der Waals surface area contributed by atoms with Crippen LogP contribution in [-0.4, -0.2) is 39.2 Å². The van der Waals surface area contributed by atoms with Gasteiger partial charge in [-0.3, -0.25) is 14.4 Å². The first-order valence-corrected chi connectivity index (χ1v) is 6.70. The van der Waals surface area contributed by atoms with Crippen LogP contribution < -0.4 is 0 Å². The molecular weight excluding hydrogens is 302 g/mol. The topological polar surface area (TPSA) is 103 Å². The minimum atomic E-state index is -2.08. The molecule has 0 N–H and O–H groups in total. The predicted octanol–water partition coefficient (Wildman–Crippen LogP) is 0.799. The molecule has 1 aromatic rings. The second kappa shape index (κ2) is 5.72. The van der Waals surface area contributed by atoms with E-state index in [0.717, 1.165) is 21.3 Å². The van der Waals surface area contributed by atoms with Crippen LogP contribution in [0.2, 0.25) is 0 Å². The third-order valence-electron chi connectivity index (χ3n) is 4.24. The zero-order chi connectivity index (χ0) is 17.3. The number of benzene rings is 1. The van der Waals surface area contributed by atoms with E-state index in [4.69, 9.17) is 9.47 Å². The second-order valence-corrected chi connectivity index (χ2v) is 5.05. The zero-order valence-electron chi connectivity index (χ0n) is 12.9. The second-order valence-electron chi connectivity index (χ2n) is 5.05. The molecule has 0 spiro atoms. The van der Waals surface area contributed by atoms with Crippen molar-refractivity contribution < 1.29 is 28.6 Å². The summed E-state index contributed by atoms with van der Waals surface area (Å²) in [5.74, 6) is -4.05. The molecule has 0 unspecified atom stereocenters. The van der Waals surface area contributed by atoms with Gasteiger partial charge in [0, 0.05) is 5.92 Å². The Labute approximate surface area is 132 Å². The first kappa shape index (κ1) is 16.5. The summed E-state index contributed by atoms with van der Waals surface area (Å²) in [6.45, 7) is 0. The van der Waals surface area contributed by atoms with Gasteiger partial charge in [0.05, 0.1) is 27.4 Å². The van der Waals surface area contributed by atoms with Crippen molar-refractivity contribution in [2.45, 2.75) is 5.92 Å². The molecule has 2 rings (SSSR count). The van der Waals surface area contributed by atoms with Crippen molar-refractivity contribution in [3.8, 4) is 6.07 Å². The summed E-state index contributed by atoms with van der Waals surface area (Å²) in [6.07, 6.45) is 0. The Morgan fingerprint density at radius 1 is 0.957 bits per heavy atom. The summed E-state index contributed by atoms with van der Waals surface area (Å²) < 4.78 is 14.1. The number of nitriles is 1. The average Bonchev–Trinajstić information content (AvgIpc) is 3.25. The fourth-order valence-corrected chi connectivity index (χ4v) is 3.22. The van der Waals surface area contributed by atoms with Crippen LogP contribution in [0.1, 0.15) is 11.5 Å². The maximum Gasteiger partial charge on any atom is 0.328 e. The Morgan fingerprint density at radius 2 is 1.43 bits per heavy atom. The first-order valence-electron chi connectivity index (χ1n) is 6.70. The Kier molecular flexibility index (Phi) is 4.10. The number of rotatable bonds is 4. The van der Waals surface area contributed by atoms with E-state index in [9.17, 15) is 19.6 Å². The van der Waals surface area contributed by atoms with Gasteiger partial charge < -0.3 is 14.2 Å². The summed E-state index contributed by atoms with van der Waals surface area (Å²) >= 11 is 0. The molecule has 0 amide bonds. The fraction of sp³-hybridized carbons (Fsp3) is 0.375. The Hall–Kier alpha value is -2.88. The number of carbonyl (C=O) groups excluding carboxylic acids is 3. The number of ether oxygens (including phenoxy) is 3. The number of carbonyl (C=O) groups is 3. The van der Waals surface area contributed by atoms with E-state index in [-0.39, 0.29) is 0 Å². The molecule has 0 saturated heterocycles. The molecule has 0 aromatic heterocycles. The first-order chi connectivity index (χ1) is 11.0. The van der Waals surface area contributed by atoms with Gasteiger partial charge in [0.2, 0.25) is 5.41 Å². The lowest BCUT2D eigenvalue weighted by atomic mass is 9.93. The van der Waals surface area contributed by atoms with Crippen molar-refractivity contribution in [3.63, 3.8) is 0 Å². The third kappa shape index (κ3) is 1.84. The van der Waals surface area contributed by atoms with Gasteiger partial charge in [-0.25, -0.2) is 0 Å². The van der Waals surface area contributed by atoms with Crippen molar-refractivity contribution in [3.05, 3.63) is 35.9 Å². The number of hydrogen-bond donors (Lipinski definition) is 0. The van der Waals surface area contributed by atoms with Crippen molar-refractivity contribution in [1.29, 1.82) is 5.26 Å². The molecule has 0 bridgehead atoms. The molecule has 1 aliphatic rings. The van der Waals surface area contributed by atoms with Crippen LogP contribution in [0.15, 0.2) is 30.3 Å². The monoisotopic (exact) mass is 317 g/mol. The highest BCUT2D eigenvalue weighted by molar-refractivity contribution is 6.15. The van der Waals surface area contributed by atoms with Crippen LogP contribution in [0, 0.1) is 22.2 Å². The smallest absolute Gasteiger partial charge is 0.328 e. The molecule has 1 aliphatic carbocycles. The van der Waals surface area contributed by atoms with Crippen LogP contribution in [0.5, 0.6) is 0 Å². The molecule has 1 aromatic carbocycles. The number of methoxy groups -OCH3 is 3. The van der Waals surface area contributed by atoms with Crippen LogP contribution >= 0.6 is 0 Å². The summed E-state index contributed by atoms with van der Waals surface area (Å²) in [6, 6.07) is 10.1. The highest BCUT2D eigenvalue weighted by atomic mass is 16.6. The maximum atomic E-state index is 12.4. The van der Waals surface area contributed by atoms with Gasteiger partial charge in [-0.1, -0.05) is 30.3 Å². The molecule has 0 aliphatic heterocycles. The van der Waals surface area contributed by atoms with Gasteiger partial charge in [-0.2, -0.15) is 5.26 Å². The zero-order valence-corrected chi connectivity index (χ0v) is 12.9. The molecule has 1 saturated carbocycles. The van der Waals surface area contributed by atoms with Crippen LogP contribution in [0.3, 0.4) is 0 Å². The Balaban J connectivity index is 2.75. The predicted molar refractivity (Wildman–Crippen MR) is 75.7 cm³/mol. The minimum absolute atomic E-state index is 0.468. The van der Waals surface area contributed by atoms with Gasteiger partial charge in [0.1, 0.15) is 0 Å². The molecule has 0 heterocycles. The van der Waals surface area contributed by atoms with Gasteiger partial charge in [-0.05, 0) is 5.56 Å². The van der Waals surface area contributed by atoms with E-state index in [1.54, 1.807) is 36.4 Å². The van der Waals surface area contributed by atoms with Crippen molar-refractivity contribution in [1.82, 2.24) is 0 Å². The van der Waals surface area contributed by atoms with Gasteiger partial charge in [-0.15, -0.1) is 0 Å². The summed E-state index contributed by atoms with van der Waals surface area (Å²) in [4.78, 5) is 37.1. The molecule has 7 nitrogen and oxygen atoms in total. The molecule has 120 valence electrons. The van der Waals surface area contributed by atoms with Crippen LogP contribution in [0.4, 0.5) is 0 Å². The summed E-state index contributed by atoms with van der Waals surface area (Å²) in [7, 11) is 3.24. The fourth-order valence-electron chi connectivity index (χ4n) is 3.22. The number of nitrogens with zero attached hydrogens (tertiary/aromatic N) is 1. The van der Waals surface area contributed by atoms with E-state index in [2.05, 4.69) is 4.74 Å². The standard InChI is InChI=1S/C16H15NO6/c1-21-12(18)15(9-17)11(10-7-5-4-6-8-10)16(15,13(19)22-2)14(20)23-3/h4-8,11H,1-3H3/t11-,15+/m1/s1. The molecule has 1 fully saturated rings. The summed E-state index contributed by atoms with van der Waals surface area (Å²) in [5, 5.41) is 9.65. The van der Waals surface area contributed by atoms with Gasteiger partial charge in [0.15, 0.2) is 5.41 Å². The molecule has 7 heteroatoms. The summed E-state index contributed by atoms with van der Waals surface area (Å²) in [5.41, 5.74) is -3.64. The van der Waals surface area contributed by atoms with E-state index < -0.39 is 34.7 Å². The molecule has 23 heavy (non-hydrogen) atoms. The lowest BCUT2D eigenvalue weighted by Gasteiger charge is -2.14. The van der Waals surface area contributed by atoms with Crippen molar-refractivity contribution in [2.75, 3.05) is 21.3 Å². The maximum absolute atomic E-state index is 12.4. The largest absolute Gasteiger partial charge is 0.468 e. The highest BCUT2D eigenvalue weighted by Crippen LogP contribution is 2.75.